The fourth-order valence-corrected chi connectivity index (χ4v) is 8.42. The third-order valence-corrected chi connectivity index (χ3v) is 12.1. The molecular formula is C36H44N6O8S. The Balaban J connectivity index is 1.21. The van der Waals surface area contributed by atoms with Gasteiger partial charge in [-0.1, -0.05) is 12.2 Å². The minimum Gasteiger partial charge on any atom is -0.496 e. The molecule has 2 aliphatic heterocycles. The van der Waals surface area contributed by atoms with Crippen molar-refractivity contribution in [3.63, 3.8) is 0 Å². The second-order valence-electron chi connectivity index (χ2n) is 14.0. The lowest BCUT2D eigenvalue weighted by molar-refractivity contribution is -0.147. The third kappa shape index (κ3) is 6.93. The molecule has 3 amide bonds. The summed E-state index contributed by atoms with van der Waals surface area (Å²) in [6.07, 6.45) is 7.82. The van der Waals surface area contributed by atoms with E-state index < -0.39 is 50.9 Å². The second kappa shape index (κ2) is 13.6. The van der Waals surface area contributed by atoms with Crippen molar-refractivity contribution in [2.24, 2.45) is 5.92 Å². The van der Waals surface area contributed by atoms with Gasteiger partial charge in [0.25, 0.3) is 11.8 Å². The van der Waals surface area contributed by atoms with Crippen LogP contribution in [0.1, 0.15) is 63.1 Å². The van der Waals surface area contributed by atoms with E-state index in [1.54, 1.807) is 24.8 Å². The van der Waals surface area contributed by atoms with Crippen LogP contribution in [0.5, 0.6) is 11.5 Å². The van der Waals surface area contributed by atoms with E-state index in [-0.39, 0.29) is 31.2 Å². The van der Waals surface area contributed by atoms with E-state index in [0.29, 0.717) is 42.3 Å². The van der Waals surface area contributed by atoms with Crippen LogP contribution in [0.4, 0.5) is 0 Å². The molecule has 7 rings (SSSR count). The average molecular weight is 721 g/mol. The molecule has 3 fully saturated rings. The molecule has 2 saturated carbocycles. The van der Waals surface area contributed by atoms with Crippen molar-refractivity contribution in [3.8, 4) is 17.3 Å². The minimum atomic E-state index is -3.85. The molecule has 5 atom stereocenters. The van der Waals surface area contributed by atoms with E-state index in [0.717, 1.165) is 35.9 Å². The first-order valence-corrected chi connectivity index (χ1v) is 19.1. The van der Waals surface area contributed by atoms with Gasteiger partial charge in [0.1, 0.15) is 35.3 Å². The molecule has 2 aromatic heterocycles. The summed E-state index contributed by atoms with van der Waals surface area (Å²) in [5, 5.41) is 7.55. The van der Waals surface area contributed by atoms with Gasteiger partial charge in [-0.05, 0) is 77.5 Å². The molecule has 14 nitrogen and oxygen atoms in total. The van der Waals surface area contributed by atoms with Gasteiger partial charge < -0.3 is 24.4 Å². The predicted octanol–water partition coefficient (Wildman–Crippen LogP) is 3.02. The number of methoxy groups -OCH3 is 1. The highest BCUT2D eigenvalue weighted by atomic mass is 32.2. The summed E-state index contributed by atoms with van der Waals surface area (Å²) in [7, 11) is -2.25. The van der Waals surface area contributed by atoms with Crippen LogP contribution < -0.4 is 19.5 Å². The van der Waals surface area contributed by atoms with Gasteiger partial charge in [-0.15, -0.1) is 0 Å². The van der Waals surface area contributed by atoms with Crippen LogP contribution in [0.3, 0.4) is 0 Å². The fraction of sp³-hybridized carbons (Fsp3) is 0.528. The number of aryl methyl sites for hydroxylation is 2. The maximum Gasteiger partial charge on any atom is 0.259 e. The number of aromatic nitrogens is 3. The van der Waals surface area contributed by atoms with Crippen LogP contribution >= 0.6 is 0 Å². The summed E-state index contributed by atoms with van der Waals surface area (Å²) in [5.41, 5.74) is 0.833. The summed E-state index contributed by atoms with van der Waals surface area (Å²) in [6, 6.07) is 6.35. The number of nitrogens with zero attached hydrogens (tertiary/aromatic N) is 4. The van der Waals surface area contributed by atoms with Crippen LogP contribution in [0.2, 0.25) is 0 Å². The van der Waals surface area contributed by atoms with Crippen LogP contribution in [0.15, 0.2) is 42.6 Å². The van der Waals surface area contributed by atoms with E-state index in [9.17, 15) is 22.8 Å². The molecule has 2 N–H and O–H groups in total. The smallest absolute Gasteiger partial charge is 0.259 e. The first-order valence-electron chi connectivity index (χ1n) is 17.5. The van der Waals surface area contributed by atoms with Crippen molar-refractivity contribution in [2.75, 3.05) is 20.3 Å². The van der Waals surface area contributed by atoms with E-state index in [1.807, 2.05) is 50.4 Å². The van der Waals surface area contributed by atoms with Gasteiger partial charge in [0.2, 0.25) is 15.9 Å². The van der Waals surface area contributed by atoms with Gasteiger partial charge in [-0.3, -0.25) is 19.1 Å². The average Bonchev–Trinajstić information content (AvgIpc) is 3.99. The topological polar surface area (TPSA) is 171 Å². The van der Waals surface area contributed by atoms with Crippen LogP contribution in [-0.4, -0.2) is 95.1 Å². The number of nitrogens with one attached hydrogen (secondary N) is 2. The van der Waals surface area contributed by atoms with Gasteiger partial charge >= 0.3 is 0 Å². The number of rotatable bonds is 7. The Bertz CT molecular complexity index is 2010. The number of hydrogen-bond acceptors (Lipinski definition) is 10. The number of carbonyl (C=O) groups excluding carboxylic acids is 3. The summed E-state index contributed by atoms with van der Waals surface area (Å²) in [5.74, 6) is -0.392. The number of amides is 3. The normalized spacial score (nSPS) is 27.2. The van der Waals surface area contributed by atoms with Crippen molar-refractivity contribution in [1.29, 1.82) is 0 Å². The van der Waals surface area contributed by atoms with Gasteiger partial charge in [0.15, 0.2) is 5.82 Å². The SMILES string of the molecule is COc1ccc2c(OC3CC4C(=O)NC5(C(=O)NS(=O)(=O)C6CC6)CC5C=CCCCCOC(C)C(=O)N4C3)cc(-n3ccc(C)n3)nc2c1C. The Morgan fingerprint density at radius 3 is 2.67 bits per heavy atom. The summed E-state index contributed by atoms with van der Waals surface area (Å²) in [4.78, 5) is 48.1. The summed E-state index contributed by atoms with van der Waals surface area (Å²) >= 11 is 0. The van der Waals surface area contributed by atoms with Gasteiger partial charge in [0.05, 0.1) is 30.1 Å². The summed E-state index contributed by atoms with van der Waals surface area (Å²) in [6.45, 7) is 5.92. The molecule has 0 bridgehead atoms. The first kappa shape index (κ1) is 34.9. The Hall–Kier alpha value is -4.50. The zero-order valence-corrected chi connectivity index (χ0v) is 30.1. The highest BCUT2D eigenvalue weighted by molar-refractivity contribution is 7.91. The number of fused-ring (bicyclic) bond motifs is 3. The highest BCUT2D eigenvalue weighted by Gasteiger charge is 2.62. The maximum absolute atomic E-state index is 14.2. The van der Waals surface area contributed by atoms with Gasteiger partial charge in [0, 0.05) is 42.2 Å². The zero-order chi connectivity index (χ0) is 36.1. The molecule has 1 saturated heterocycles. The van der Waals surface area contributed by atoms with Crippen molar-refractivity contribution >= 4 is 38.6 Å². The third-order valence-electron chi connectivity index (χ3n) is 10.3. The van der Waals surface area contributed by atoms with Gasteiger partial charge in [-0.25, -0.2) is 18.1 Å². The number of carbonyl (C=O) groups is 3. The van der Waals surface area contributed by atoms with E-state index in [1.165, 1.54) is 4.90 Å². The molecule has 3 aromatic rings. The quantitative estimate of drug-likeness (QED) is 0.346. The van der Waals surface area contributed by atoms with Crippen molar-refractivity contribution in [1.82, 2.24) is 29.7 Å². The second-order valence-corrected chi connectivity index (χ2v) is 16.0. The molecule has 4 heterocycles. The molecule has 0 radical (unpaired) electrons. The van der Waals surface area contributed by atoms with Crippen LogP contribution in [0, 0.1) is 19.8 Å². The number of hydrogen-bond donors (Lipinski definition) is 2. The molecule has 2 aliphatic carbocycles. The molecule has 272 valence electrons. The lowest BCUT2D eigenvalue weighted by atomic mass is 10.1. The predicted molar refractivity (Wildman–Crippen MR) is 187 cm³/mol. The molecule has 15 heteroatoms. The van der Waals surface area contributed by atoms with E-state index >= 15 is 0 Å². The lowest BCUT2D eigenvalue weighted by Gasteiger charge is -2.28. The maximum atomic E-state index is 14.2. The standard InChI is InChI=1S/C36H44N6O8S/c1-21-14-15-42(39-21)31-18-30(27-12-13-29(48-4)22(2)32(27)37-31)50-25-17-28-33(43)38-36(35(45)40-51(46,47)26-10-11-26)19-24(36)9-7-5-6-8-16-49-23(3)34(44)41(28)20-25/h7,9,12-15,18,23-26,28H,5-6,8,10-11,16-17,19-20H2,1-4H3,(H,38,43)(H,40,45). The van der Waals surface area contributed by atoms with E-state index in [4.69, 9.17) is 19.2 Å². The molecule has 5 unspecified atom stereocenters. The number of sulfonamides is 1. The van der Waals surface area contributed by atoms with Crippen molar-refractivity contribution < 1.29 is 37.0 Å². The zero-order valence-electron chi connectivity index (χ0n) is 29.3. The Kier molecular flexibility index (Phi) is 9.29. The number of benzene rings is 1. The molecule has 1 aromatic carbocycles. The first-order chi connectivity index (χ1) is 24.4. The monoisotopic (exact) mass is 720 g/mol. The van der Waals surface area contributed by atoms with Crippen LogP contribution in [0.25, 0.3) is 16.7 Å². The fourth-order valence-electron chi connectivity index (χ4n) is 7.06. The largest absolute Gasteiger partial charge is 0.496 e. The lowest BCUT2D eigenvalue weighted by Crippen LogP contribution is -2.57. The van der Waals surface area contributed by atoms with Crippen LogP contribution in [-0.2, 0) is 29.1 Å². The molecule has 51 heavy (non-hydrogen) atoms. The van der Waals surface area contributed by atoms with Gasteiger partial charge in [-0.2, -0.15) is 5.10 Å². The highest BCUT2D eigenvalue weighted by Crippen LogP contribution is 2.46. The molecule has 4 aliphatic rings. The van der Waals surface area contributed by atoms with Crippen molar-refractivity contribution in [3.05, 3.63) is 53.9 Å². The minimum absolute atomic E-state index is 0.0817. The Morgan fingerprint density at radius 1 is 1.14 bits per heavy atom. The molecular weight excluding hydrogens is 676 g/mol. The van der Waals surface area contributed by atoms with E-state index in [2.05, 4.69) is 15.1 Å². The van der Waals surface area contributed by atoms with Crippen molar-refractivity contribution in [2.45, 2.75) is 94.8 Å². The number of allylic oxidation sites excluding steroid dienone is 1. The number of pyridine rings is 1. The Labute approximate surface area is 296 Å². The molecule has 0 spiro atoms. The number of ether oxygens (including phenoxy) is 3. The summed E-state index contributed by atoms with van der Waals surface area (Å²) < 4.78 is 47.6. The Morgan fingerprint density at radius 2 is 1.94 bits per heavy atom.